The summed E-state index contributed by atoms with van der Waals surface area (Å²) >= 11 is 0. The Labute approximate surface area is 134 Å². The molecule has 23 heavy (non-hydrogen) atoms. The normalized spacial score (nSPS) is 11.0. The second kappa shape index (κ2) is 6.64. The van der Waals surface area contributed by atoms with E-state index in [2.05, 4.69) is 15.4 Å². The fraction of sp³-hybridized carbons (Fsp3) is 0.467. The SMILES string of the molecule is CCN(CC)c1cc(C(=O)O)c2nc(NC(=O)C(C)C)nn2c1. The van der Waals surface area contributed by atoms with Crippen LogP contribution in [0.5, 0.6) is 0 Å². The summed E-state index contributed by atoms with van der Waals surface area (Å²) in [7, 11) is 0. The number of anilines is 2. The van der Waals surface area contributed by atoms with Crippen molar-refractivity contribution in [2.45, 2.75) is 27.7 Å². The summed E-state index contributed by atoms with van der Waals surface area (Å²) in [6, 6.07) is 1.58. The number of nitrogens with zero attached hydrogens (tertiary/aromatic N) is 4. The van der Waals surface area contributed by atoms with Gasteiger partial charge in [-0.15, -0.1) is 5.10 Å². The van der Waals surface area contributed by atoms with E-state index in [1.807, 2.05) is 18.7 Å². The summed E-state index contributed by atoms with van der Waals surface area (Å²) in [6.45, 7) is 8.98. The number of carboxylic acid groups (broad SMARTS) is 1. The molecule has 0 saturated heterocycles. The van der Waals surface area contributed by atoms with Crippen LogP contribution in [0, 0.1) is 5.92 Å². The molecule has 0 aromatic carbocycles. The maximum absolute atomic E-state index is 11.8. The minimum atomic E-state index is -1.09. The zero-order chi connectivity index (χ0) is 17.1. The third-order valence-electron chi connectivity index (χ3n) is 3.54. The zero-order valence-corrected chi connectivity index (χ0v) is 13.7. The van der Waals surface area contributed by atoms with Crippen LogP contribution < -0.4 is 10.2 Å². The lowest BCUT2D eigenvalue weighted by Crippen LogP contribution is -2.22. The smallest absolute Gasteiger partial charge is 0.339 e. The molecule has 2 N–H and O–H groups in total. The van der Waals surface area contributed by atoms with Crippen LogP contribution in [0.25, 0.3) is 5.65 Å². The second-order valence-corrected chi connectivity index (χ2v) is 5.44. The van der Waals surface area contributed by atoms with Gasteiger partial charge >= 0.3 is 5.97 Å². The number of aromatic carboxylic acids is 1. The molecule has 2 rings (SSSR count). The van der Waals surface area contributed by atoms with E-state index in [1.165, 1.54) is 4.52 Å². The Bertz CT molecular complexity index is 734. The van der Waals surface area contributed by atoms with E-state index >= 15 is 0 Å². The fourth-order valence-electron chi connectivity index (χ4n) is 2.20. The van der Waals surface area contributed by atoms with Crippen molar-refractivity contribution in [2.24, 2.45) is 5.92 Å². The molecule has 0 bridgehead atoms. The Morgan fingerprint density at radius 3 is 2.52 bits per heavy atom. The summed E-state index contributed by atoms with van der Waals surface area (Å²) in [5, 5.41) is 16.2. The molecule has 0 aliphatic rings. The predicted molar refractivity (Wildman–Crippen MR) is 87.0 cm³/mol. The van der Waals surface area contributed by atoms with Crippen LogP contribution in [-0.2, 0) is 4.79 Å². The molecule has 0 saturated carbocycles. The summed E-state index contributed by atoms with van der Waals surface area (Å²) in [5.74, 6) is -1.42. The number of hydrogen-bond donors (Lipinski definition) is 2. The van der Waals surface area contributed by atoms with Crippen LogP contribution in [0.2, 0.25) is 0 Å². The molecule has 0 atom stereocenters. The quantitative estimate of drug-likeness (QED) is 0.843. The van der Waals surface area contributed by atoms with E-state index < -0.39 is 5.97 Å². The topological polar surface area (TPSA) is 99.8 Å². The first-order chi connectivity index (χ1) is 10.9. The van der Waals surface area contributed by atoms with Crippen molar-refractivity contribution in [2.75, 3.05) is 23.3 Å². The first kappa shape index (κ1) is 16.7. The Morgan fingerprint density at radius 1 is 1.35 bits per heavy atom. The molecule has 0 radical (unpaired) electrons. The first-order valence-electron chi connectivity index (χ1n) is 7.56. The van der Waals surface area contributed by atoms with E-state index in [0.29, 0.717) is 0 Å². The monoisotopic (exact) mass is 319 g/mol. The maximum Gasteiger partial charge on any atom is 0.339 e. The molecular weight excluding hydrogens is 298 g/mol. The van der Waals surface area contributed by atoms with Crippen LogP contribution in [0.3, 0.4) is 0 Å². The number of rotatable bonds is 6. The van der Waals surface area contributed by atoms with Gasteiger partial charge in [0.2, 0.25) is 11.9 Å². The molecule has 0 aliphatic heterocycles. The third kappa shape index (κ3) is 3.41. The van der Waals surface area contributed by atoms with Crippen molar-refractivity contribution < 1.29 is 14.7 Å². The number of carboxylic acids is 1. The highest BCUT2D eigenvalue weighted by atomic mass is 16.4. The van der Waals surface area contributed by atoms with Gasteiger partial charge in [-0.1, -0.05) is 13.8 Å². The summed E-state index contributed by atoms with van der Waals surface area (Å²) in [5.41, 5.74) is 0.992. The Balaban J connectivity index is 2.52. The number of nitrogens with one attached hydrogen (secondary N) is 1. The van der Waals surface area contributed by atoms with E-state index in [1.54, 1.807) is 26.1 Å². The highest BCUT2D eigenvalue weighted by Crippen LogP contribution is 2.21. The predicted octanol–water partition coefficient (Wildman–Crippen LogP) is 1.87. The molecular formula is C15H21N5O3. The molecule has 2 heterocycles. The van der Waals surface area contributed by atoms with Crippen molar-refractivity contribution in [3.8, 4) is 0 Å². The van der Waals surface area contributed by atoms with E-state index in [9.17, 15) is 14.7 Å². The molecule has 0 spiro atoms. The average molecular weight is 319 g/mol. The highest BCUT2D eigenvalue weighted by Gasteiger charge is 2.18. The molecule has 2 aromatic rings. The highest BCUT2D eigenvalue weighted by molar-refractivity contribution is 5.96. The van der Waals surface area contributed by atoms with Gasteiger partial charge in [0.25, 0.3) is 0 Å². The van der Waals surface area contributed by atoms with E-state index in [0.717, 1.165) is 18.8 Å². The minimum Gasteiger partial charge on any atom is -0.478 e. The van der Waals surface area contributed by atoms with Crippen LogP contribution in [0.4, 0.5) is 11.6 Å². The maximum atomic E-state index is 11.8. The van der Waals surface area contributed by atoms with Gasteiger partial charge in [-0.3, -0.25) is 10.1 Å². The van der Waals surface area contributed by atoms with Crippen molar-refractivity contribution in [1.82, 2.24) is 14.6 Å². The molecule has 124 valence electrons. The number of pyridine rings is 1. The number of aromatic nitrogens is 3. The molecule has 8 nitrogen and oxygen atoms in total. The number of carbonyl (C=O) groups is 2. The molecule has 0 unspecified atom stereocenters. The molecule has 1 amide bonds. The number of hydrogen-bond acceptors (Lipinski definition) is 5. The van der Waals surface area contributed by atoms with Gasteiger partial charge in [-0.2, -0.15) is 4.98 Å². The molecule has 0 fully saturated rings. The van der Waals surface area contributed by atoms with Crippen molar-refractivity contribution >= 4 is 29.2 Å². The molecule has 0 aliphatic carbocycles. The van der Waals surface area contributed by atoms with Crippen LogP contribution >= 0.6 is 0 Å². The van der Waals surface area contributed by atoms with Crippen LogP contribution in [0.15, 0.2) is 12.3 Å². The van der Waals surface area contributed by atoms with Crippen molar-refractivity contribution in [3.05, 3.63) is 17.8 Å². The molecule has 8 heteroatoms. The average Bonchev–Trinajstić information content (AvgIpc) is 2.89. The largest absolute Gasteiger partial charge is 0.478 e. The van der Waals surface area contributed by atoms with Gasteiger partial charge < -0.3 is 10.0 Å². The zero-order valence-electron chi connectivity index (χ0n) is 13.7. The van der Waals surface area contributed by atoms with E-state index in [-0.39, 0.29) is 29.0 Å². The lowest BCUT2D eigenvalue weighted by atomic mass is 10.2. The second-order valence-electron chi connectivity index (χ2n) is 5.44. The Morgan fingerprint density at radius 2 is 2.00 bits per heavy atom. The van der Waals surface area contributed by atoms with Crippen LogP contribution in [0.1, 0.15) is 38.1 Å². The van der Waals surface area contributed by atoms with Gasteiger partial charge in [0, 0.05) is 19.0 Å². The first-order valence-corrected chi connectivity index (χ1v) is 7.56. The fourth-order valence-corrected chi connectivity index (χ4v) is 2.20. The molecule has 2 aromatic heterocycles. The number of amides is 1. The summed E-state index contributed by atoms with van der Waals surface area (Å²) < 4.78 is 1.40. The van der Waals surface area contributed by atoms with Crippen LogP contribution in [-0.4, -0.2) is 44.7 Å². The Hall–Kier alpha value is -2.64. The number of fused-ring (bicyclic) bond motifs is 1. The minimum absolute atomic E-state index is 0.0481. The van der Waals surface area contributed by atoms with Gasteiger partial charge in [0.05, 0.1) is 11.9 Å². The lowest BCUT2D eigenvalue weighted by Gasteiger charge is -2.21. The van der Waals surface area contributed by atoms with Gasteiger partial charge in [0.15, 0.2) is 5.65 Å². The van der Waals surface area contributed by atoms with E-state index in [4.69, 9.17) is 0 Å². The van der Waals surface area contributed by atoms with Crippen molar-refractivity contribution in [1.29, 1.82) is 0 Å². The Kier molecular flexibility index (Phi) is 4.83. The van der Waals surface area contributed by atoms with Gasteiger partial charge in [0.1, 0.15) is 5.56 Å². The van der Waals surface area contributed by atoms with Gasteiger partial charge in [-0.25, -0.2) is 9.31 Å². The third-order valence-corrected chi connectivity index (χ3v) is 3.54. The standard InChI is InChI=1S/C15H21N5O3/c1-5-19(6-2)10-7-11(14(22)23)12-16-15(18-20(12)8-10)17-13(21)9(3)4/h7-9H,5-6H2,1-4H3,(H,22,23)(H,17,18,21). The summed E-state index contributed by atoms with van der Waals surface area (Å²) in [6.07, 6.45) is 1.72. The summed E-state index contributed by atoms with van der Waals surface area (Å²) in [4.78, 5) is 29.4. The van der Waals surface area contributed by atoms with Gasteiger partial charge in [-0.05, 0) is 19.9 Å². The van der Waals surface area contributed by atoms with Crippen molar-refractivity contribution in [3.63, 3.8) is 0 Å². The number of carbonyl (C=O) groups excluding carboxylic acids is 1. The lowest BCUT2D eigenvalue weighted by molar-refractivity contribution is -0.118.